The van der Waals surface area contributed by atoms with E-state index in [4.69, 9.17) is 4.74 Å². The summed E-state index contributed by atoms with van der Waals surface area (Å²) in [6, 6.07) is 0. The van der Waals surface area contributed by atoms with Crippen LogP contribution in [0.4, 0.5) is 0 Å². The number of hydrogen-bond donors (Lipinski definition) is 0. The van der Waals surface area contributed by atoms with Crippen LogP contribution in [-0.4, -0.2) is 12.6 Å². The van der Waals surface area contributed by atoms with E-state index in [0.717, 1.165) is 12.8 Å². The predicted octanol–water partition coefficient (Wildman–Crippen LogP) is 2.69. The molecule has 0 spiro atoms. The van der Waals surface area contributed by atoms with Crippen molar-refractivity contribution >= 4 is 5.97 Å². The maximum absolute atomic E-state index is 10.4. The molecule has 2 heteroatoms. The van der Waals surface area contributed by atoms with Crippen molar-refractivity contribution in [1.29, 1.82) is 0 Å². The molecular weight excluding hydrogens is 200 g/mol. The molecule has 0 saturated carbocycles. The zero-order chi connectivity index (χ0) is 12.1. The SMILES string of the molecule is CCC/C=C/C#CCC#CCCOC(C)=O. The highest BCUT2D eigenvalue weighted by Gasteiger charge is 1.87. The van der Waals surface area contributed by atoms with Crippen LogP contribution in [0.25, 0.3) is 0 Å². The highest BCUT2D eigenvalue weighted by Crippen LogP contribution is 1.86. The van der Waals surface area contributed by atoms with Crippen molar-refractivity contribution in [2.75, 3.05) is 6.61 Å². The van der Waals surface area contributed by atoms with Crippen LogP contribution in [-0.2, 0) is 9.53 Å². The molecule has 0 rings (SSSR count). The largest absolute Gasteiger partial charge is 0.465 e. The standard InChI is InChI=1S/C14H18O2/c1-3-4-5-6-7-8-9-10-11-12-13-16-14(2)15/h5-6H,3-4,9,12-13H2,1-2H3/b6-5+. The van der Waals surface area contributed by atoms with Gasteiger partial charge in [0.15, 0.2) is 0 Å². The first-order valence-electron chi connectivity index (χ1n) is 5.49. The zero-order valence-electron chi connectivity index (χ0n) is 10.0. The van der Waals surface area contributed by atoms with E-state index in [1.807, 2.05) is 6.08 Å². The molecule has 2 nitrogen and oxygen atoms in total. The van der Waals surface area contributed by atoms with Gasteiger partial charge in [-0.3, -0.25) is 4.79 Å². The van der Waals surface area contributed by atoms with Gasteiger partial charge in [0.2, 0.25) is 0 Å². The summed E-state index contributed by atoms with van der Waals surface area (Å²) in [5.74, 6) is 11.4. The van der Waals surface area contributed by atoms with Crippen LogP contribution < -0.4 is 0 Å². The minimum atomic E-state index is -0.261. The Morgan fingerprint density at radius 2 is 2.12 bits per heavy atom. The molecule has 0 aromatic heterocycles. The maximum atomic E-state index is 10.4. The second-order valence-electron chi connectivity index (χ2n) is 3.13. The molecule has 0 heterocycles. The van der Waals surface area contributed by atoms with E-state index >= 15 is 0 Å². The van der Waals surface area contributed by atoms with Crippen molar-refractivity contribution in [3.8, 4) is 23.7 Å². The monoisotopic (exact) mass is 218 g/mol. The Morgan fingerprint density at radius 3 is 2.81 bits per heavy atom. The summed E-state index contributed by atoms with van der Waals surface area (Å²) in [5, 5.41) is 0. The lowest BCUT2D eigenvalue weighted by Gasteiger charge is -1.94. The molecule has 0 aliphatic carbocycles. The third-order valence-electron chi connectivity index (χ3n) is 1.59. The highest BCUT2D eigenvalue weighted by atomic mass is 16.5. The van der Waals surface area contributed by atoms with Gasteiger partial charge in [0, 0.05) is 13.3 Å². The topological polar surface area (TPSA) is 26.3 Å². The highest BCUT2D eigenvalue weighted by molar-refractivity contribution is 5.65. The zero-order valence-corrected chi connectivity index (χ0v) is 10.0. The van der Waals surface area contributed by atoms with Gasteiger partial charge >= 0.3 is 5.97 Å². The fourth-order valence-corrected chi connectivity index (χ4v) is 0.860. The molecule has 0 fully saturated rings. The van der Waals surface area contributed by atoms with Crippen molar-refractivity contribution in [1.82, 2.24) is 0 Å². The van der Waals surface area contributed by atoms with Crippen LogP contribution in [0.3, 0.4) is 0 Å². The number of hydrogen-bond acceptors (Lipinski definition) is 2. The van der Waals surface area contributed by atoms with E-state index in [9.17, 15) is 4.79 Å². The van der Waals surface area contributed by atoms with Crippen LogP contribution in [0, 0.1) is 23.7 Å². The fourth-order valence-electron chi connectivity index (χ4n) is 0.860. The Bertz CT molecular complexity index is 331. The van der Waals surface area contributed by atoms with E-state index in [1.165, 1.54) is 6.92 Å². The van der Waals surface area contributed by atoms with Crippen LogP contribution in [0.5, 0.6) is 0 Å². The van der Waals surface area contributed by atoms with E-state index < -0.39 is 0 Å². The number of ether oxygens (including phenoxy) is 1. The number of rotatable bonds is 4. The summed E-state index contributed by atoms with van der Waals surface area (Å²) in [7, 11) is 0. The van der Waals surface area contributed by atoms with Gasteiger partial charge < -0.3 is 4.74 Å². The summed E-state index contributed by atoms with van der Waals surface area (Å²) < 4.78 is 4.73. The molecular formula is C14H18O2. The van der Waals surface area contributed by atoms with Gasteiger partial charge in [-0.2, -0.15) is 0 Å². The molecule has 0 aromatic rings. The Kier molecular flexibility index (Phi) is 10.2. The third kappa shape index (κ3) is 12.3. The minimum Gasteiger partial charge on any atom is -0.465 e. The van der Waals surface area contributed by atoms with Crippen molar-refractivity contribution in [3.05, 3.63) is 12.2 Å². The minimum absolute atomic E-state index is 0.261. The van der Waals surface area contributed by atoms with E-state index in [0.29, 0.717) is 19.4 Å². The number of esters is 1. The van der Waals surface area contributed by atoms with Crippen molar-refractivity contribution < 1.29 is 9.53 Å². The first kappa shape index (κ1) is 14.3. The third-order valence-corrected chi connectivity index (χ3v) is 1.59. The van der Waals surface area contributed by atoms with Gasteiger partial charge in [-0.15, -0.1) is 0 Å². The van der Waals surface area contributed by atoms with Gasteiger partial charge in [-0.05, 0) is 12.5 Å². The number of carbonyl (C=O) groups is 1. The summed E-state index contributed by atoms with van der Waals surface area (Å²) in [4.78, 5) is 10.4. The van der Waals surface area contributed by atoms with Gasteiger partial charge in [0.1, 0.15) is 6.61 Å². The maximum Gasteiger partial charge on any atom is 0.302 e. The average Bonchev–Trinajstić information content (AvgIpc) is 2.25. The summed E-state index contributed by atoms with van der Waals surface area (Å²) in [6.07, 6.45) is 7.28. The van der Waals surface area contributed by atoms with Crippen LogP contribution in [0.1, 0.15) is 39.5 Å². The number of carbonyl (C=O) groups excluding carboxylic acids is 1. The molecule has 0 atom stereocenters. The molecule has 86 valence electrons. The Morgan fingerprint density at radius 1 is 1.31 bits per heavy atom. The Labute approximate surface area is 98.1 Å². The van der Waals surface area contributed by atoms with E-state index in [-0.39, 0.29) is 5.97 Å². The second kappa shape index (κ2) is 11.4. The molecule has 0 unspecified atom stereocenters. The smallest absolute Gasteiger partial charge is 0.302 e. The summed E-state index contributed by atoms with van der Waals surface area (Å²) >= 11 is 0. The van der Waals surface area contributed by atoms with Crippen LogP contribution in [0.2, 0.25) is 0 Å². The van der Waals surface area contributed by atoms with Crippen molar-refractivity contribution in [3.63, 3.8) is 0 Å². The molecule has 0 aliphatic heterocycles. The molecule has 0 N–H and O–H groups in total. The Hall–Kier alpha value is -1.67. The van der Waals surface area contributed by atoms with Gasteiger partial charge in [-0.25, -0.2) is 0 Å². The molecule has 0 aliphatic rings. The van der Waals surface area contributed by atoms with E-state index in [2.05, 4.69) is 36.7 Å². The molecule has 0 aromatic carbocycles. The van der Waals surface area contributed by atoms with Crippen molar-refractivity contribution in [2.24, 2.45) is 0 Å². The quantitative estimate of drug-likeness (QED) is 0.412. The van der Waals surface area contributed by atoms with Crippen molar-refractivity contribution in [2.45, 2.75) is 39.5 Å². The van der Waals surface area contributed by atoms with E-state index in [1.54, 1.807) is 0 Å². The predicted molar refractivity (Wildman–Crippen MR) is 65.5 cm³/mol. The van der Waals surface area contributed by atoms with Crippen LogP contribution >= 0.6 is 0 Å². The number of unbranched alkanes of at least 4 members (excludes halogenated alkanes) is 1. The fraction of sp³-hybridized carbons (Fsp3) is 0.500. The summed E-state index contributed by atoms with van der Waals surface area (Å²) in [5.41, 5.74) is 0. The van der Waals surface area contributed by atoms with Gasteiger partial charge in [0.25, 0.3) is 0 Å². The van der Waals surface area contributed by atoms with Gasteiger partial charge in [-0.1, -0.05) is 43.1 Å². The molecule has 0 radical (unpaired) electrons. The van der Waals surface area contributed by atoms with Gasteiger partial charge in [0.05, 0.1) is 6.42 Å². The average molecular weight is 218 g/mol. The molecule has 0 bridgehead atoms. The summed E-state index contributed by atoms with van der Waals surface area (Å²) in [6.45, 7) is 3.89. The molecule has 0 saturated heterocycles. The normalized spacial score (nSPS) is 8.88. The number of allylic oxidation sites excluding steroid dienone is 2. The second-order valence-corrected chi connectivity index (χ2v) is 3.13. The lowest BCUT2D eigenvalue weighted by Crippen LogP contribution is -1.98. The molecule has 0 amide bonds. The lowest BCUT2D eigenvalue weighted by atomic mass is 10.3. The van der Waals surface area contributed by atoms with Crippen LogP contribution in [0.15, 0.2) is 12.2 Å². The lowest BCUT2D eigenvalue weighted by molar-refractivity contribution is -0.140. The first-order chi connectivity index (χ1) is 7.77. The first-order valence-corrected chi connectivity index (χ1v) is 5.49. The molecule has 16 heavy (non-hydrogen) atoms. The Balaban J connectivity index is 3.49.